The van der Waals surface area contributed by atoms with E-state index in [2.05, 4.69) is 5.10 Å². The maximum atomic E-state index is 13.2. The summed E-state index contributed by atoms with van der Waals surface area (Å²) in [5.41, 5.74) is 1.97. The Bertz CT molecular complexity index is 1210. The Kier molecular flexibility index (Phi) is 4.73. The van der Waals surface area contributed by atoms with Crippen LogP contribution in [-0.4, -0.2) is 20.9 Å². The molecule has 7 heteroatoms. The Hall–Kier alpha value is -3.74. The number of aromatic nitrogens is 3. The number of hydrogen-bond donors (Lipinski definition) is 1. The maximum absolute atomic E-state index is 13.2. The van der Waals surface area contributed by atoms with Gasteiger partial charge in [0, 0.05) is 23.4 Å². The molecule has 0 fully saturated rings. The van der Waals surface area contributed by atoms with E-state index in [0.717, 1.165) is 27.7 Å². The summed E-state index contributed by atoms with van der Waals surface area (Å²) in [5.74, 6) is -1.73. The minimum Gasteiger partial charge on any atom is -0.619 e. The monoisotopic (exact) mass is 405 g/mol. The molecule has 0 amide bonds. The van der Waals surface area contributed by atoms with E-state index in [-0.39, 0.29) is 5.82 Å². The molecule has 2 aromatic carbocycles. The van der Waals surface area contributed by atoms with Crippen molar-refractivity contribution >= 4 is 16.9 Å². The van der Waals surface area contributed by atoms with E-state index in [0.29, 0.717) is 4.73 Å². The lowest BCUT2D eigenvalue weighted by molar-refractivity contribution is -0.605. The van der Waals surface area contributed by atoms with Gasteiger partial charge in [-0.2, -0.15) is 9.83 Å². The van der Waals surface area contributed by atoms with E-state index in [4.69, 9.17) is 0 Å². The van der Waals surface area contributed by atoms with E-state index in [9.17, 15) is 19.5 Å². The average molecular weight is 405 g/mol. The number of hydrogen-bond acceptors (Lipinski definition) is 3. The number of aliphatic carboxylic acids is 1. The molecule has 1 unspecified atom stereocenters. The predicted octanol–water partition coefficient (Wildman–Crippen LogP) is 4.04. The summed E-state index contributed by atoms with van der Waals surface area (Å²) < 4.78 is 15.6. The molecule has 0 radical (unpaired) electrons. The Morgan fingerprint density at radius 1 is 1.10 bits per heavy atom. The molecule has 0 aliphatic heterocycles. The van der Waals surface area contributed by atoms with E-state index in [1.807, 2.05) is 18.2 Å². The topological polar surface area (TPSA) is 82.1 Å². The molecule has 6 nitrogen and oxygen atoms in total. The van der Waals surface area contributed by atoms with Crippen LogP contribution in [0.2, 0.25) is 0 Å². The van der Waals surface area contributed by atoms with Crippen molar-refractivity contribution in [2.45, 2.75) is 19.8 Å². The Balaban J connectivity index is 1.83. The molecule has 2 heterocycles. The van der Waals surface area contributed by atoms with Gasteiger partial charge >= 0.3 is 5.97 Å². The van der Waals surface area contributed by atoms with E-state index < -0.39 is 17.3 Å². The summed E-state index contributed by atoms with van der Waals surface area (Å²) in [6.45, 7) is 3.34. The van der Waals surface area contributed by atoms with Crippen LogP contribution in [0.25, 0.3) is 16.6 Å². The Morgan fingerprint density at radius 2 is 1.77 bits per heavy atom. The van der Waals surface area contributed by atoms with Crippen LogP contribution in [0.4, 0.5) is 4.39 Å². The lowest BCUT2D eigenvalue weighted by Gasteiger charge is -2.31. The normalized spacial score (nSPS) is 12.8. The second kappa shape index (κ2) is 7.26. The van der Waals surface area contributed by atoms with Gasteiger partial charge in [-0.25, -0.2) is 9.07 Å². The first-order valence-corrected chi connectivity index (χ1v) is 9.43. The minimum absolute atomic E-state index is 0.321. The van der Waals surface area contributed by atoms with Gasteiger partial charge in [-0.05, 0) is 61.4 Å². The fraction of sp³-hybridized carbons (Fsp3) is 0.174. The second-order valence-electron chi connectivity index (χ2n) is 7.80. The summed E-state index contributed by atoms with van der Waals surface area (Å²) in [7, 11) is 0. The van der Waals surface area contributed by atoms with Gasteiger partial charge in [0.2, 0.25) is 0 Å². The van der Waals surface area contributed by atoms with E-state index in [1.165, 1.54) is 24.5 Å². The summed E-state index contributed by atoms with van der Waals surface area (Å²) >= 11 is 0. The summed E-state index contributed by atoms with van der Waals surface area (Å²) in [6, 6.07) is 15.0. The first kappa shape index (κ1) is 19.6. The molecule has 0 aliphatic rings. The molecule has 0 spiro atoms. The number of fused-ring (bicyclic) bond motifs is 1. The predicted molar refractivity (Wildman–Crippen MR) is 110 cm³/mol. The van der Waals surface area contributed by atoms with Gasteiger partial charge in [0.1, 0.15) is 5.82 Å². The second-order valence-corrected chi connectivity index (χ2v) is 7.80. The first-order chi connectivity index (χ1) is 14.3. The molecule has 30 heavy (non-hydrogen) atoms. The smallest absolute Gasteiger partial charge is 0.310 e. The number of halogens is 1. The van der Waals surface area contributed by atoms with Crippen molar-refractivity contribution < 1.29 is 19.0 Å². The largest absolute Gasteiger partial charge is 0.619 e. The number of rotatable bonds is 5. The highest BCUT2D eigenvalue weighted by atomic mass is 19.1. The molecule has 4 rings (SSSR count). The van der Waals surface area contributed by atoms with Crippen LogP contribution in [0.15, 0.2) is 73.2 Å². The highest BCUT2D eigenvalue weighted by Crippen LogP contribution is 2.41. The quantitative estimate of drug-likeness (QED) is 0.401. The fourth-order valence-electron chi connectivity index (χ4n) is 3.79. The number of carboxylic acid groups (broad SMARTS) is 1. The highest BCUT2D eigenvalue weighted by molar-refractivity contribution is 5.82. The zero-order valence-electron chi connectivity index (χ0n) is 16.5. The maximum Gasteiger partial charge on any atom is 0.310 e. The van der Waals surface area contributed by atoms with Crippen molar-refractivity contribution in [2.75, 3.05) is 0 Å². The fourth-order valence-corrected chi connectivity index (χ4v) is 3.79. The lowest BCUT2D eigenvalue weighted by Crippen LogP contribution is -2.33. The Morgan fingerprint density at radius 3 is 2.40 bits per heavy atom. The van der Waals surface area contributed by atoms with Gasteiger partial charge in [-0.15, -0.1) is 0 Å². The van der Waals surface area contributed by atoms with Gasteiger partial charge in [0.25, 0.3) is 0 Å². The van der Waals surface area contributed by atoms with Gasteiger partial charge in [0.05, 0.1) is 22.8 Å². The number of carboxylic acids is 1. The van der Waals surface area contributed by atoms with Gasteiger partial charge in [-0.1, -0.05) is 6.07 Å². The van der Waals surface area contributed by atoms with Crippen molar-refractivity contribution in [3.8, 4) is 5.69 Å². The zero-order valence-corrected chi connectivity index (χ0v) is 16.5. The van der Waals surface area contributed by atoms with Crippen LogP contribution in [0.3, 0.4) is 0 Å². The van der Waals surface area contributed by atoms with Crippen molar-refractivity contribution in [3.63, 3.8) is 0 Å². The number of nitrogens with zero attached hydrogens (tertiary/aromatic N) is 3. The van der Waals surface area contributed by atoms with E-state index >= 15 is 0 Å². The van der Waals surface area contributed by atoms with Crippen LogP contribution in [-0.2, 0) is 4.79 Å². The molecule has 0 saturated carbocycles. The van der Waals surface area contributed by atoms with Crippen LogP contribution >= 0.6 is 0 Å². The van der Waals surface area contributed by atoms with Crippen molar-refractivity contribution in [3.05, 3.63) is 95.3 Å². The molecule has 2 aromatic heterocycles. The molecule has 0 bridgehead atoms. The average Bonchev–Trinajstić information content (AvgIpc) is 3.13. The molecular weight excluding hydrogens is 385 g/mol. The van der Waals surface area contributed by atoms with Gasteiger partial charge in [0.15, 0.2) is 12.4 Å². The molecule has 4 aromatic rings. The molecule has 0 saturated heterocycles. The third kappa shape index (κ3) is 3.39. The molecule has 0 aliphatic carbocycles. The van der Waals surface area contributed by atoms with Crippen molar-refractivity contribution in [1.82, 2.24) is 9.78 Å². The van der Waals surface area contributed by atoms with Gasteiger partial charge < -0.3 is 10.3 Å². The lowest BCUT2D eigenvalue weighted by atomic mass is 9.71. The molecule has 1 N–H and O–H groups in total. The molecule has 152 valence electrons. The third-order valence-electron chi connectivity index (χ3n) is 5.43. The number of carbonyl (C=O) groups is 1. The van der Waals surface area contributed by atoms with Crippen molar-refractivity contribution in [1.29, 1.82) is 0 Å². The molecule has 1 atom stereocenters. The van der Waals surface area contributed by atoms with Gasteiger partial charge in [-0.3, -0.25) is 4.79 Å². The van der Waals surface area contributed by atoms with Crippen LogP contribution in [0, 0.1) is 16.4 Å². The van der Waals surface area contributed by atoms with Crippen molar-refractivity contribution in [2.24, 2.45) is 5.41 Å². The van der Waals surface area contributed by atoms with Crippen LogP contribution in [0.5, 0.6) is 0 Å². The van der Waals surface area contributed by atoms with Crippen LogP contribution < -0.4 is 4.73 Å². The highest BCUT2D eigenvalue weighted by Gasteiger charge is 2.39. The minimum atomic E-state index is -1.12. The van der Waals surface area contributed by atoms with E-state index in [1.54, 1.807) is 49.0 Å². The number of benzene rings is 2. The molecular formula is C23H20FN3O3. The zero-order chi connectivity index (χ0) is 21.5. The Labute approximate surface area is 172 Å². The summed E-state index contributed by atoms with van der Waals surface area (Å²) in [5, 5.41) is 26.6. The standard InChI is InChI=1S/C23H20FN3O3/c1-23(2,22(28)29)21(15-9-11-26(30)12-10-15)16-3-8-20-17(13-16)14-25-27(20)19-6-4-18(24)5-7-19/h3-14,21H,1-2H3,(H,28,29). The number of pyridine rings is 1. The first-order valence-electron chi connectivity index (χ1n) is 9.43. The summed E-state index contributed by atoms with van der Waals surface area (Å²) in [4.78, 5) is 12.0. The summed E-state index contributed by atoms with van der Waals surface area (Å²) in [6.07, 6.45) is 4.43. The third-order valence-corrected chi connectivity index (χ3v) is 5.43. The SMILES string of the molecule is CC(C)(C(=O)O)C(c1cc[n+]([O-])cc1)c1ccc2c(cnn2-c2ccc(F)cc2)c1. The van der Waals surface area contributed by atoms with Crippen LogP contribution in [0.1, 0.15) is 30.9 Å².